The molecule has 2 aromatic heterocycles. The lowest BCUT2D eigenvalue weighted by Gasteiger charge is -2.00. The van der Waals surface area contributed by atoms with Crippen LogP contribution in [-0.2, 0) is 0 Å². The SMILES string of the molecule is O=c1[nH]c2ccccc2nc1-c1nn(-c2ccc([N+](=O)[O-])cc2)c(=O)[nH]1. The zero-order chi connectivity index (χ0) is 18.3. The molecule has 10 nitrogen and oxygen atoms in total. The molecule has 0 amide bonds. The van der Waals surface area contributed by atoms with Crippen LogP contribution in [0.15, 0.2) is 58.1 Å². The van der Waals surface area contributed by atoms with Crippen molar-refractivity contribution < 1.29 is 4.92 Å². The Kier molecular flexibility index (Phi) is 3.43. The van der Waals surface area contributed by atoms with Crippen LogP contribution < -0.4 is 11.2 Å². The number of fused-ring (bicyclic) bond motifs is 1. The van der Waals surface area contributed by atoms with Gasteiger partial charge in [-0.3, -0.25) is 19.9 Å². The molecule has 0 unspecified atom stereocenters. The van der Waals surface area contributed by atoms with E-state index in [-0.39, 0.29) is 17.2 Å². The van der Waals surface area contributed by atoms with E-state index < -0.39 is 16.2 Å². The number of non-ortho nitro benzene ring substituents is 1. The van der Waals surface area contributed by atoms with Gasteiger partial charge in [0.15, 0.2) is 11.5 Å². The van der Waals surface area contributed by atoms with E-state index in [1.54, 1.807) is 24.3 Å². The Morgan fingerprint density at radius 2 is 1.73 bits per heavy atom. The van der Waals surface area contributed by atoms with E-state index in [2.05, 4.69) is 20.1 Å². The van der Waals surface area contributed by atoms with E-state index in [9.17, 15) is 19.7 Å². The molecular formula is C16H10N6O4. The molecule has 2 aromatic carbocycles. The van der Waals surface area contributed by atoms with Gasteiger partial charge in [0.2, 0.25) is 0 Å². The first-order chi connectivity index (χ1) is 12.5. The number of hydrogen-bond donors (Lipinski definition) is 2. The standard InChI is InChI=1S/C16H10N6O4/c23-15-13(17-11-3-1-2-4-12(11)18-15)14-19-16(24)21(20-14)9-5-7-10(8-6-9)22(25)26/h1-8H,(H,18,23)(H,19,20,24). The minimum absolute atomic E-state index is 0.000329. The highest BCUT2D eigenvalue weighted by atomic mass is 16.6. The molecule has 0 spiro atoms. The normalized spacial score (nSPS) is 10.9. The third-order valence-corrected chi connectivity index (χ3v) is 3.75. The molecule has 4 rings (SSSR count). The molecule has 0 aliphatic rings. The number of hydrogen-bond acceptors (Lipinski definition) is 6. The summed E-state index contributed by atoms with van der Waals surface area (Å²) in [6.07, 6.45) is 0. The van der Waals surface area contributed by atoms with E-state index in [1.807, 2.05) is 0 Å². The molecule has 2 N–H and O–H groups in total. The molecule has 0 saturated heterocycles. The van der Waals surface area contributed by atoms with Crippen molar-refractivity contribution in [2.75, 3.05) is 0 Å². The van der Waals surface area contributed by atoms with Gasteiger partial charge >= 0.3 is 5.69 Å². The minimum atomic E-state index is -0.594. The quantitative estimate of drug-likeness (QED) is 0.422. The fourth-order valence-electron chi connectivity index (χ4n) is 2.51. The lowest BCUT2D eigenvalue weighted by atomic mass is 10.3. The predicted octanol–water partition coefficient (Wildman–Crippen LogP) is 1.37. The number of nitrogens with one attached hydrogen (secondary N) is 2. The van der Waals surface area contributed by atoms with Gasteiger partial charge < -0.3 is 4.98 Å². The molecule has 128 valence electrons. The van der Waals surface area contributed by atoms with Crippen LogP contribution in [0.5, 0.6) is 0 Å². The summed E-state index contributed by atoms with van der Waals surface area (Å²) in [4.78, 5) is 44.0. The van der Waals surface area contributed by atoms with Crippen molar-refractivity contribution >= 4 is 16.7 Å². The highest BCUT2D eigenvalue weighted by Crippen LogP contribution is 2.15. The molecule has 26 heavy (non-hydrogen) atoms. The Hall–Kier alpha value is -4.08. The lowest BCUT2D eigenvalue weighted by molar-refractivity contribution is -0.384. The summed E-state index contributed by atoms with van der Waals surface area (Å²) in [6.45, 7) is 0. The first kappa shape index (κ1) is 15.4. The van der Waals surface area contributed by atoms with Crippen LogP contribution in [0.1, 0.15) is 0 Å². The maximum atomic E-state index is 12.2. The van der Waals surface area contributed by atoms with Crippen molar-refractivity contribution in [2.45, 2.75) is 0 Å². The maximum Gasteiger partial charge on any atom is 0.348 e. The Labute approximate surface area is 143 Å². The third-order valence-electron chi connectivity index (χ3n) is 3.75. The average Bonchev–Trinajstić information content (AvgIpc) is 3.02. The molecule has 4 aromatic rings. The summed E-state index contributed by atoms with van der Waals surface area (Å²) in [5, 5.41) is 14.8. The molecule has 0 bridgehead atoms. The lowest BCUT2D eigenvalue weighted by Crippen LogP contribution is -2.15. The van der Waals surface area contributed by atoms with Gasteiger partial charge in [-0.1, -0.05) is 12.1 Å². The van der Waals surface area contributed by atoms with E-state index in [0.29, 0.717) is 16.7 Å². The number of aromatic nitrogens is 5. The van der Waals surface area contributed by atoms with Crippen LogP contribution in [-0.4, -0.2) is 29.7 Å². The molecule has 0 atom stereocenters. The van der Waals surface area contributed by atoms with E-state index >= 15 is 0 Å². The van der Waals surface area contributed by atoms with Gasteiger partial charge in [0, 0.05) is 12.1 Å². The van der Waals surface area contributed by atoms with Crippen LogP contribution in [0, 0.1) is 10.1 Å². The summed E-state index contributed by atoms with van der Waals surface area (Å²) in [6, 6.07) is 12.3. The van der Waals surface area contributed by atoms with Gasteiger partial charge in [0.25, 0.3) is 11.2 Å². The Morgan fingerprint density at radius 3 is 2.46 bits per heavy atom. The number of benzene rings is 2. The van der Waals surface area contributed by atoms with Crippen LogP contribution >= 0.6 is 0 Å². The second-order valence-electron chi connectivity index (χ2n) is 5.40. The van der Waals surface area contributed by atoms with Gasteiger partial charge in [-0.25, -0.2) is 9.78 Å². The van der Waals surface area contributed by atoms with Crippen LogP contribution in [0.2, 0.25) is 0 Å². The monoisotopic (exact) mass is 350 g/mol. The molecule has 2 heterocycles. The number of rotatable bonds is 3. The summed E-state index contributed by atoms with van der Waals surface area (Å²) >= 11 is 0. The molecule has 10 heteroatoms. The van der Waals surface area contributed by atoms with Crippen LogP contribution in [0.4, 0.5) is 5.69 Å². The van der Waals surface area contributed by atoms with Crippen LogP contribution in [0.3, 0.4) is 0 Å². The topological polar surface area (TPSA) is 140 Å². The number of para-hydroxylation sites is 2. The fraction of sp³-hybridized carbons (Fsp3) is 0. The van der Waals surface area contributed by atoms with Gasteiger partial charge in [-0.05, 0) is 24.3 Å². The van der Waals surface area contributed by atoms with Crippen molar-refractivity contribution in [1.29, 1.82) is 0 Å². The molecule has 0 aliphatic carbocycles. The molecule has 0 aliphatic heterocycles. The van der Waals surface area contributed by atoms with Crippen molar-refractivity contribution in [3.05, 3.63) is 79.5 Å². The average molecular weight is 350 g/mol. The summed E-state index contributed by atoms with van der Waals surface area (Å²) in [7, 11) is 0. The van der Waals surface area contributed by atoms with Crippen molar-refractivity contribution in [1.82, 2.24) is 24.7 Å². The van der Waals surface area contributed by atoms with E-state index in [1.165, 1.54) is 24.3 Å². The zero-order valence-corrected chi connectivity index (χ0v) is 13.0. The highest BCUT2D eigenvalue weighted by molar-refractivity contribution is 5.75. The van der Waals surface area contributed by atoms with Gasteiger partial charge in [-0.2, -0.15) is 4.68 Å². The van der Waals surface area contributed by atoms with Gasteiger partial charge in [0.05, 0.1) is 21.6 Å². The summed E-state index contributed by atoms with van der Waals surface area (Å²) in [5.41, 5.74) is 0.217. The zero-order valence-electron chi connectivity index (χ0n) is 13.0. The molecule has 0 saturated carbocycles. The Bertz CT molecular complexity index is 1250. The first-order valence-corrected chi connectivity index (χ1v) is 7.46. The minimum Gasteiger partial charge on any atom is -0.319 e. The largest absolute Gasteiger partial charge is 0.348 e. The van der Waals surface area contributed by atoms with Crippen molar-refractivity contribution in [3.8, 4) is 17.2 Å². The summed E-state index contributed by atoms with van der Waals surface area (Å²) < 4.78 is 1.01. The van der Waals surface area contributed by atoms with Crippen molar-refractivity contribution in [3.63, 3.8) is 0 Å². The third kappa shape index (κ3) is 2.55. The van der Waals surface area contributed by atoms with E-state index in [4.69, 9.17) is 0 Å². The fourth-order valence-corrected chi connectivity index (χ4v) is 2.51. The number of nitrogens with zero attached hydrogens (tertiary/aromatic N) is 4. The molecule has 0 fully saturated rings. The number of H-pyrrole nitrogens is 2. The number of nitro benzene ring substituents is 1. The van der Waals surface area contributed by atoms with Crippen LogP contribution in [0.25, 0.3) is 28.2 Å². The summed E-state index contributed by atoms with van der Waals surface area (Å²) in [5.74, 6) is 0.000329. The second-order valence-corrected chi connectivity index (χ2v) is 5.40. The number of nitro groups is 1. The maximum absolute atomic E-state index is 12.2. The van der Waals surface area contributed by atoms with Crippen molar-refractivity contribution in [2.24, 2.45) is 0 Å². The smallest absolute Gasteiger partial charge is 0.319 e. The highest BCUT2D eigenvalue weighted by Gasteiger charge is 2.15. The molecule has 0 radical (unpaired) electrons. The van der Waals surface area contributed by atoms with E-state index in [0.717, 1.165) is 4.68 Å². The first-order valence-electron chi connectivity index (χ1n) is 7.46. The Morgan fingerprint density at radius 1 is 1.00 bits per heavy atom. The number of aromatic amines is 2. The predicted molar refractivity (Wildman–Crippen MR) is 92.2 cm³/mol. The second kappa shape index (κ2) is 5.77. The molecular weight excluding hydrogens is 340 g/mol. The Balaban J connectivity index is 1.82. The van der Waals surface area contributed by atoms with Gasteiger partial charge in [-0.15, -0.1) is 5.10 Å². The van der Waals surface area contributed by atoms with Gasteiger partial charge in [0.1, 0.15) is 0 Å².